The first-order valence-corrected chi connectivity index (χ1v) is 10.9. The molecule has 0 N–H and O–H groups in total. The Hall–Kier alpha value is -3.92. The van der Waals surface area contributed by atoms with Crippen LogP contribution in [0.4, 0.5) is 0 Å². The number of benzene rings is 3. The molecule has 0 amide bonds. The number of hydrogen-bond acceptors (Lipinski definition) is 3. The fraction of sp³-hybridized carbons (Fsp3) is 0.172. The number of rotatable bonds is 7. The summed E-state index contributed by atoms with van der Waals surface area (Å²) in [6.07, 6.45) is 1.80. The van der Waals surface area contributed by atoms with Crippen molar-refractivity contribution >= 4 is 22.5 Å². The van der Waals surface area contributed by atoms with Gasteiger partial charge in [0, 0.05) is 34.8 Å². The van der Waals surface area contributed by atoms with Crippen LogP contribution >= 0.6 is 0 Å². The molecule has 0 saturated carbocycles. The number of allylic oxidation sites excluding steroid dienone is 1. The molecule has 4 aromatic rings. The Morgan fingerprint density at radius 2 is 1.42 bits per heavy atom. The molecule has 0 bridgehead atoms. The summed E-state index contributed by atoms with van der Waals surface area (Å²) in [5.41, 5.74) is 6.05. The van der Waals surface area contributed by atoms with Gasteiger partial charge < -0.3 is 9.30 Å². The minimum Gasteiger partial charge on any atom is -0.496 e. The van der Waals surface area contributed by atoms with E-state index in [1.54, 1.807) is 19.3 Å². The monoisotopic (exact) mass is 437 g/mol. The Balaban J connectivity index is 1.96. The summed E-state index contributed by atoms with van der Waals surface area (Å²) in [7, 11) is 1.55. The first-order valence-electron chi connectivity index (χ1n) is 10.9. The maximum Gasteiger partial charge on any atom is 0.196 e. The van der Waals surface area contributed by atoms with E-state index in [0.717, 1.165) is 27.7 Å². The van der Waals surface area contributed by atoms with Crippen LogP contribution in [0.15, 0.2) is 73.3 Å². The van der Waals surface area contributed by atoms with E-state index in [9.17, 15) is 9.59 Å². The molecule has 1 aromatic heterocycles. The van der Waals surface area contributed by atoms with Crippen molar-refractivity contribution in [2.45, 2.75) is 27.3 Å². The quantitative estimate of drug-likeness (QED) is 0.255. The summed E-state index contributed by atoms with van der Waals surface area (Å²) in [5.74, 6) is 0.265. The smallest absolute Gasteiger partial charge is 0.196 e. The summed E-state index contributed by atoms with van der Waals surface area (Å²) >= 11 is 0. The predicted octanol–water partition coefficient (Wildman–Crippen LogP) is 6.22. The van der Waals surface area contributed by atoms with Gasteiger partial charge in [-0.25, -0.2) is 0 Å². The molecule has 0 spiro atoms. The number of aryl methyl sites for hydroxylation is 2. The van der Waals surface area contributed by atoms with E-state index < -0.39 is 0 Å². The molecule has 0 atom stereocenters. The third-order valence-corrected chi connectivity index (χ3v) is 6.06. The number of ether oxygens (including phenoxy) is 1. The van der Waals surface area contributed by atoms with Gasteiger partial charge >= 0.3 is 0 Å². The minimum absolute atomic E-state index is 0.0702. The van der Waals surface area contributed by atoms with Gasteiger partial charge in [0.1, 0.15) is 5.75 Å². The van der Waals surface area contributed by atoms with Crippen LogP contribution in [0.1, 0.15) is 48.7 Å². The van der Waals surface area contributed by atoms with Crippen molar-refractivity contribution in [3.05, 3.63) is 112 Å². The normalized spacial score (nSPS) is 10.9. The van der Waals surface area contributed by atoms with Crippen LogP contribution in [0, 0.1) is 20.8 Å². The van der Waals surface area contributed by atoms with Gasteiger partial charge in [-0.1, -0.05) is 65.7 Å². The van der Waals surface area contributed by atoms with E-state index >= 15 is 0 Å². The zero-order valence-corrected chi connectivity index (χ0v) is 19.4. The lowest BCUT2D eigenvalue weighted by molar-refractivity contribution is 0.102. The van der Waals surface area contributed by atoms with E-state index in [1.807, 2.05) is 79.9 Å². The highest BCUT2D eigenvalue weighted by molar-refractivity contribution is 6.20. The van der Waals surface area contributed by atoms with E-state index in [1.165, 1.54) is 0 Å². The van der Waals surface area contributed by atoms with Gasteiger partial charge in [0.15, 0.2) is 11.6 Å². The molecular weight excluding hydrogens is 410 g/mol. The molecule has 166 valence electrons. The van der Waals surface area contributed by atoms with Crippen molar-refractivity contribution in [2.75, 3.05) is 7.11 Å². The van der Waals surface area contributed by atoms with E-state index in [2.05, 4.69) is 6.58 Å². The van der Waals surface area contributed by atoms with Crippen molar-refractivity contribution < 1.29 is 14.3 Å². The lowest BCUT2D eigenvalue weighted by Gasteiger charge is -2.11. The number of ketones is 2. The molecule has 0 fully saturated rings. The Morgan fingerprint density at radius 3 is 1.94 bits per heavy atom. The van der Waals surface area contributed by atoms with Gasteiger partial charge in [0.2, 0.25) is 0 Å². The van der Waals surface area contributed by atoms with Crippen molar-refractivity contribution in [1.29, 1.82) is 0 Å². The standard InChI is InChI=1S/C29H27NO3/c1-6-15-30-20(4)27(29(32)22-13-9-19(3)10-14-22)23-16-24(26(33-5)17-25(23)30)28(31)21-11-7-18(2)8-12-21/h6-14,16-17H,1,15H2,2-5H3. The number of hydrogen-bond donors (Lipinski definition) is 0. The van der Waals surface area contributed by atoms with Crippen molar-refractivity contribution in [3.63, 3.8) is 0 Å². The maximum absolute atomic E-state index is 13.6. The molecule has 0 aliphatic carbocycles. The molecule has 33 heavy (non-hydrogen) atoms. The van der Waals surface area contributed by atoms with Gasteiger partial charge in [-0.05, 0) is 26.8 Å². The number of carbonyl (C=O) groups excluding carboxylic acids is 2. The highest BCUT2D eigenvalue weighted by Gasteiger charge is 2.24. The molecule has 4 rings (SSSR count). The van der Waals surface area contributed by atoms with Crippen molar-refractivity contribution in [3.8, 4) is 5.75 Å². The summed E-state index contributed by atoms with van der Waals surface area (Å²) in [4.78, 5) is 27.0. The number of methoxy groups -OCH3 is 1. The Kier molecular flexibility index (Phi) is 6.01. The van der Waals surface area contributed by atoms with Crippen LogP contribution in [-0.4, -0.2) is 23.2 Å². The van der Waals surface area contributed by atoms with Crippen molar-refractivity contribution in [2.24, 2.45) is 0 Å². The zero-order chi connectivity index (χ0) is 23.7. The van der Waals surface area contributed by atoms with Crippen LogP contribution in [0.3, 0.4) is 0 Å². The third kappa shape index (κ3) is 4.00. The number of nitrogens with zero attached hydrogens (tertiary/aromatic N) is 1. The zero-order valence-electron chi connectivity index (χ0n) is 19.4. The van der Waals surface area contributed by atoms with Crippen LogP contribution in [0.2, 0.25) is 0 Å². The summed E-state index contributed by atoms with van der Waals surface area (Å²) in [6, 6.07) is 18.6. The van der Waals surface area contributed by atoms with E-state index in [4.69, 9.17) is 4.74 Å². The van der Waals surface area contributed by atoms with Crippen LogP contribution in [0.5, 0.6) is 5.75 Å². The molecule has 0 radical (unpaired) electrons. The minimum atomic E-state index is -0.142. The van der Waals surface area contributed by atoms with Gasteiger partial charge in [0.05, 0.1) is 23.8 Å². The fourth-order valence-electron chi connectivity index (χ4n) is 4.21. The molecule has 0 aliphatic rings. The second-order valence-corrected chi connectivity index (χ2v) is 8.32. The molecular formula is C29H27NO3. The van der Waals surface area contributed by atoms with Crippen LogP contribution in [0.25, 0.3) is 10.9 Å². The van der Waals surface area contributed by atoms with Gasteiger partial charge in [-0.2, -0.15) is 0 Å². The summed E-state index contributed by atoms with van der Waals surface area (Å²) in [6.45, 7) is 10.3. The lowest BCUT2D eigenvalue weighted by Crippen LogP contribution is -2.06. The number of aromatic nitrogens is 1. The Morgan fingerprint density at radius 1 is 0.879 bits per heavy atom. The van der Waals surface area contributed by atoms with Gasteiger partial charge in [-0.15, -0.1) is 6.58 Å². The van der Waals surface area contributed by atoms with Crippen molar-refractivity contribution in [1.82, 2.24) is 4.57 Å². The molecule has 4 nitrogen and oxygen atoms in total. The molecule has 3 aromatic carbocycles. The van der Waals surface area contributed by atoms with Crippen LogP contribution < -0.4 is 4.74 Å². The fourth-order valence-corrected chi connectivity index (χ4v) is 4.21. The van der Waals surface area contributed by atoms with E-state index in [0.29, 0.717) is 34.5 Å². The van der Waals surface area contributed by atoms with Crippen LogP contribution in [-0.2, 0) is 6.54 Å². The van der Waals surface area contributed by atoms with E-state index in [-0.39, 0.29) is 11.6 Å². The highest BCUT2D eigenvalue weighted by Crippen LogP contribution is 2.34. The molecule has 0 saturated heterocycles. The summed E-state index contributed by atoms with van der Waals surface area (Å²) in [5, 5.41) is 0.733. The SMILES string of the molecule is C=CCn1c(C)c(C(=O)c2ccc(C)cc2)c2cc(C(=O)c3ccc(C)cc3)c(OC)cc21. The predicted molar refractivity (Wildman–Crippen MR) is 133 cm³/mol. The summed E-state index contributed by atoms with van der Waals surface area (Å²) < 4.78 is 7.65. The molecule has 1 heterocycles. The van der Waals surface area contributed by atoms with Gasteiger partial charge in [0.25, 0.3) is 0 Å². The Labute approximate surface area is 194 Å². The highest BCUT2D eigenvalue weighted by atomic mass is 16.5. The average Bonchev–Trinajstić information content (AvgIpc) is 3.09. The first kappa shape index (κ1) is 22.3. The number of fused-ring (bicyclic) bond motifs is 1. The average molecular weight is 438 g/mol. The number of carbonyl (C=O) groups is 2. The molecule has 4 heteroatoms. The second-order valence-electron chi connectivity index (χ2n) is 8.32. The molecule has 0 aliphatic heterocycles. The molecule has 0 unspecified atom stereocenters. The third-order valence-electron chi connectivity index (χ3n) is 6.06. The Bertz CT molecular complexity index is 1370. The topological polar surface area (TPSA) is 48.3 Å². The lowest BCUT2D eigenvalue weighted by atomic mass is 9.96. The maximum atomic E-state index is 13.6. The first-order chi connectivity index (χ1) is 15.8. The van der Waals surface area contributed by atoms with Gasteiger partial charge in [-0.3, -0.25) is 9.59 Å². The second kappa shape index (κ2) is 8.91. The largest absolute Gasteiger partial charge is 0.496 e.